The van der Waals surface area contributed by atoms with E-state index in [1.54, 1.807) is 30.6 Å². The van der Waals surface area contributed by atoms with E-state index in [0.29, 0.717) is 10.7 Å². The van der Waals surface area contributed by atoms with Crippen molar-refractivity contribution in [2.45, 2.75) is 13.0 Å². The van der Waals surface area contributed by atoms with Crippen LogP contribution in [0.1, 0.15) is 18.5 Å². The third-order valence-electron chi connectivity index (χ3n) is 2.83. The molecule has 0 aliphatic heterocycles. The lowest BCUT2D eigenvalue weighted by Gasteiger charge is -2.16. The molecule has 0 fully saturated rings. The molecule has 5 nitrogen and oxygen atoms in total. The molecule has 0 aliphatic carbocycles. The van der Waals surface area contributed by atoms with Gasteiger partial charge in [-0.1, -0.05) is 17.7 Å². The maximum atomic E-state index is 11.2. The summed E-state index contributed by atoms with van der Waals surface area (Å²) in [7, 11) is -3.34. The van der Waals surface area contributed by atoms with Crippen LogP contribution in [0.5, 0.6) is 0 Å². The van der Waals surface area contributed by atoms with Crippen LogP contribution in [0.4, 0.5) is 11.4 Å². The van der Waals surface area contributed by atoms with Gasteiger partial charge in [0.25, 0.3) is 0 Å². The van der Waals surface area contributed by atoms with Gasteiger partial charge in [-0.3, -0.25) is 9.71 Å². The number of rotatable bonds is 5. The van der Waals surface area contributed by atoms with Crippen molar-refractivity contribution in [2.24, 2.45) is 0 Å². The molecule has 1 aromatic heterocycles. The number of nitrogens with zero attached hydrogens (tertiary/aromatic N) is 1. The van der Waals surface area contributed by atoms with Gasteiger partial charge < -0.3 is 5.32 Å². The quantitative estimate of drug-likeness (QED) is 0.885. The van der Waals surface area contributed by atoms with Crippen molar-refractivity contribution in [3.63, 3.8) is 0 Å². The number of hydrogen-bond donors (Lipinski definition) is 2. The third-order valence-corrected chi connectivity index (χ3v) is 3.74. The highest BCUT2D eigenvalue weighted by atomic mass is 35.5. The molecule has 0 saturated heterocycles. The minimum absolute atomic E-state index is 0.0588. The van der Waals surface area contributed by atoms with Crippen molar-refractivity contribution in [2.75, 3.05) is 16.3 Å². The molecule has 0 aliphatic rings. The molecular weight excluding hydrogens is 310 g/mol. The predicted molar refractivity (Wildman–Crippen MR) is 86.2 cm³/mol. The van der Waals surface area contributed by atoms with Crippen LogP contribution in [0.2, 0.25) is 5.02 Å². The molecule has 1 heterocycles. The van der Waals surface area contributed by atoms with Gasteiger partial charge in [0.15, 0.2) is 0 Å². The molecule has 112 valence electrons. The largest absolute Gasteiger partial charge is 0.378 e. The number of hydrogen-bond acceptors (Lipinski definition) is 4. The highest BCUT2D eigenvalue weighted by Gasteiger charge is 2.09. The number of halogens is 1. The first kappa shape index (κ1) is 15.6. The average molecular weight is 326 g/mol. The van der Waals surface area contributed by atoms with Gasteiger partial charge in [-0.2, -0.15) is 0 Å². The molecule has 0 radical (unpaired) electrons. The molecule has 1 atom stereocenters. The van der Waals surface area contributed by atoms with Crippen LogP contribution in [0.25, 0.3) is 0 Å². The number of sulfonamides is 1. The van der Waals surface area contributed by atoms with Crippen LogP contribution in [0.15, 0.2) is 42.7 Å². The Morgan fingerprint density at radius 3 is 2.62 bits per heavy atom. The Bertz CT molecular complexity index is 720. The van der Waals surface area contributed by atoms with E-state index in [2.05, 4.69) is 15.0 Å². The van der Waals surface area contributed by atoms with E-state index in [4.69, 9.17) is 11.6 Å². The van der Waals surface area contributed by atoms with E-state index in [1.807, 2.05) is 19.1 Å². The summed E-state index contributed by atoms with van der Waals surface area (Å²) in [6, 6.07) is 8.99. The number of benzene rings is 1. The van der Waals surface area contributed by atoms with Crippen LogP contribution >= 0.6 is 11.6 Å². The van der Waals surface area contributed by atoms with Gasteiger partial charge in [-0.15, -0.1) is 0 Å². The van der Waals surface area contributed by atoms with Crippen molar-refractivity contribution in [3.05, 3.63) is 53.3 Å². The molecule has 2 aromatic rings. The molecule has 0 spiro atoms. The summed E-state index contributed by atoms with van der Waals surface area (Å²) >= 11 is 6.09. The zero-order chi connectivity index (χ0) is 15.5. The number of anilines is 2. The van der Waals surface area contributed by atoms with Crippen molar-refractivity contribution >= 4 is 33.0 Å². The maximum absolute atomic E-state index is 11.2. The van der Waals surface area contributed by atoms with E-state index in [0.717, 1.165) is 17.5 Å². The molecular formula is C14H16ClN3O2S. The summed E-state index contributed by atoms with van der Waals surface area (Å²) in [4.78, 5) is 4.08. The van der Waals surface area contributed by atoms with Gasteiger partial charge in [0.1, 0.15) is 0 Å². The van der Waals surface area contributed by atoms with Gasteiger partial charge in [0, 0.05) is 18.1 Å². The number of aromatic nitrogens is 1. The summed E-state index contributed by atoms with van der Waals surface area (Å²) in [5.74, 6) is 0. The lowest BCUT2D eigenvalue weighted by molar-refractivity contribution is 0.607. The summed E-state index contributed by atoms with van der Waals surface area (Å²) in [5, 5.41) is 3.62. The molecule has 0 amide bonds. The summed E-state index contributed by atoms with van der Waals surface area (Å²) < 4.78 is 24.8. The molecule has 21 heavy (non-hydrogen) atoms. The van der Waals surface area contributed by atoms with E-state index in [1.165, 1.54) is 0 Å². The average Bonchev–Trinajstić information content (AvgIpc) is 2.41. The first-order chi connectivity index (χ1) is 9.85. The second-order valence-electron chi connectivity index (χ2n) is 4.72. The monoisotopic (exact) mass is 325 g/mol. The first-order valence-electron chi connectivity index (χ1n) is 6.29. The molecule has 0 saturated carbocycles. The van der Waals surface area contributed by atoms with E-state index >= 15 is 0 Å². The van der Waals surface area contributed by atoms with Gasteiger partial charge in [0.2, 0.25) is 10.0 Å². The van der Waals surface area contributed by atoms with Crippen molar-refractivity contribution in [1.29, 1.82) is 0 Å². The first-order valence-corrected chi connectivity index (χ1v) is 8.56. The van der Waals surface area contributed by atoms with Crippen LogP contribution in [0, 0.1) is 0 Å². The van der Waals surface area contributed by atoms with Crippen LogP contribution in [-0.4, -0.2) is 19.7 Å². The maximum Gasteiger partial charge on any atom is 0.229 e. The SMILES string of the molecule is CC(Nc1ccc(NS(C)(=O)=O)c(Cl)c1)c1cccnc1. The Balaban J connectivity index is 2.14. The van der Waals surface area contributed by atoms with Crippen molar-refractivity contribution < 1.29 is 8.42 Å². The summed E-state index contributed by atoms with van der Waals surface area (Å²) in [6.07, 6.45) is 4.59. The smallest absolute Gasteiger partial charge is 0.229 e. The zero-order valence-electron chi connectivity index (χ0n) is 11.7. The van der Waals surface area contributed by atoms with E-state index < -0.39 is 10.0 Å². The minimum Gasteiger partial charge on any atom is -0.378 e. The normalized spacial score (nSPS) is 12.7. The van der Waals surface area contributed by atoms with Gasteiger partial charge in [0.05, 0.1) is 23.0 Å². The van der Waals surface area contributed by atoms with Gasteiger partial charge in [-0.05, 0) is 36.8 Å². The Morgan fingerprint density at radius 1 is 1.29 bits per heavy atom. The molecule has 7 heteroatoms. The number of nitrogens with one attached hydrogen (secondary N) is 2. The van der Waals surface area contributed by atoms with Gasteiger partial charge in [-0.25, -0.2) is 8.42 Å². The minimum atomic E-state index is -3.34. The molecule has 2 rings (SSSR count). The fraction of sp³-hybridized carbons (Fsp3) is 0.214. The van der Waals surface area contributed by atoms with Crippen molar-refractivity contribution in [3.8, 4) is 0 Å². The fourth-order valence-electron chi connectivity index (χ4n) is 1.85. The zero-order valence-corrected chi connectivity index (χ0v) is 13.2. The second-order valence-corrected chi connectivity index (χ2v) is 6.88. The topological polar surface area (TPSA) is 71.1 Å². The second kappa shape index (κ2) is 6.32. The Kier molecular flexibility index (Phi) is 4.69. The third kappa shape index (κ3) is 4.61. The van der Waals surface area contributed by atoms with E-state index in [-0.39, 0.29) is 6.04 Å². The van der Waals surface area contributed by atoms with E-state index in [9.17, 15) is 8.42 Å². The number of pyridine rings is 1. The predicted octanol–water partition coefficient (Wildman–Crippen LogP) is 3.28. The Labute approximate surface area is 129 Å². The lowest BCUT2D eigenvalue weighted by Crippen LogP contribution is -2.10. The summed E-state index contributed by atoms with van der Waals surface area (Å²) in [6.45, 7) is 2.01. The molecule has 1 unspecified atom stereocenters. The Morgan fingerprint density at radius 2 is 2.05 bits per heavy atom. The standard InChI is InChI=1S/C14H16ClN3O2S/c1-10(11-4-3-7-16-9-11)17-12-5-6-14(13(15)8-12)18-21(2,19)20/h3-10,17-18H,1-2H3. The summed E-state index contributed by atoms with van der Waals surface area (Å²) in [5.41, 5.74) is 2.21. The highest BCUT2D eigenvalue weighted by molar-refractivity contribution is 7.92. The molecule has 0 bridgehead atoms. The Hall–Kier alpha value is -1.79. The fourth-order valence-corrected chi connectivity index (χ4v) is 2.71. The highest BCUT2D eigenvalue weighted by Crippen LogP contribution is 2.28. The molecule has 2 N–H and O–H groups in total. The molecule has 1 aromatic carbocycles. The van der Waals surface area contributed by atoms with Crippen LogP contribution < -0.4 is 10.0 Å². The van der Waals surface area contributed by atoms with Crippen LogP contribution in [-0.2, 0) is 10.0 Å². The lowest BCUT2D eigenvalue weighted by atomic mass is 10.1. The van der Waals surface area contributed by atoms with Crippen molar-refractivity contribution in [1.82, 2.24) is 4.98 Å². The van der Waals surface area contributed by atoms with Gasteiger partial charge >= 0.3 is 0 Å². The van der Waals surface area contributed by atoms with Crippen LogP contribution in [0.3, 0.4) is 0 Å².